The van der Waals surface area contributed by atoms with Crippen LogP contribution in [0.1, 0.15) is 55.3 Å². The zero-order valence-corrected chi connectivity index (χ0v) is 45.7. The number of carbonyl (C=O) groups is 5. The number of hydrogen-bond donors (Lipinski definition) is 14. The van der Waals surface area contributed by atoms with Gasteiger partial charge in [0.05, 0.1) is 111 Å². The van der Waals surface area contributed by atoms with Gasteiger partial charge in [0, 0.05) is 46.8 Å². The molecule has 21 nitrogen and oxygen atoms in total. The van der Waals surface area contributed by atoms with Crippen molar-refractivity contribution in [2.45, 2.75) is 50.6 Å². The Morgan fingerprint density at radius 3 is 0.984 bits per heavy atom. The van der Waals surface area contributed by atoms with Crippen molar-refractivity contribution in [3.63, 3.8) is 0 Å². The summed E-state index contributed by atoms with van der Waals surface area (Å²) < 4.78 is 0.874. The fraction of sp³-hybridized carbons (Fsp3) is 0.514. The Morgan fingerprint density at radius 1 is 0.468 bits per heavy atom. The van der Waals surface area contributed by atoms with E-state index in [1.165, 1.54) is 18.7 Å². The van der Waals surface area contributed by atoms with E-state index in [4.69, 9.17) is 0 Å². The molecule has 0 aliphatic carbocycles. The van der Waals surface area contributed by atoms with Crippen molar-refractivity contribution < 1.29 is 75.0 Å². The second kappa shape index (κ2) is 27.4. The van der Waals surface area contributed by atoms with E-state index in [9.17, 15) is 75.0 Å². The zero-order chi connectivity index (χ0) is 47.3. The summed E-state index contributed by atoms with van der Waals surface area (Å²) in [6, 6.07) is 0. The average Bonchev–Trinajstić information content (AvgIpc) is 3.21. The molecule has 27 heteroatoms. The van der Waals surface area contributed by atoms with Gasteiger partial charge in [-0.25, -0.2) is 0 Å². The smallest absolute Gasteiger partial charge is 0.253 e. The predicted octanol–water partition coefficient (Wildman–Crippen LogP) is -1.80. The van der Waals surface area contributed by atoms with Crippen LogP contribution in [0.5, 0.6) is 0 Å². The monoisotopic (exact) mass is 1550 g/mol. The minimum absolute atomic E-state index is 0.00829. The molecule has 0 saturated carbocycles. The van der Waals surface area contributed by atoms with Gasteiger partial charge in [0.15, 0.2) is 0 Å². The Kier molecular flexibility index (Phi) is 25.5. The fourth-order valence-electron chi connectivity index (χ4n) is 5.35. The minimum atomic E-state index is -1.56. The molecule has 0 bridgehead atoms. The molecule has 5 amide bonds. The SMILES string of the molecule is CC(=O)N(CC(O)CN(c1c(I)c(C(=O)NCC(O)CO)c(I)c(C(=O)NCC(O)CO)c1I)C(C)O)c1c(I)c(C(=O)NCC(O)CO)c(I)c(C(=O)NCC(O)CO)c1I. The first-order chi connectivity index (χ1) is 29.0. The molecule has 0 spiro atoms. The summed E-state index contributed by atoms with van der Waals surface area (Å²) in [6.45, 7) is -2.65. The number of carbonyl (C=O) groups excluding carboxylic acids is 5. The number of amides is 5. The number of halogens is 6. The topological polar surface area (TPSA) is 342 Å². The van der Waals surface area contributed by atoms with E-state index in [2.05, 4.69) is 21.3 Å². The van der Waals surface area contributed by atoms with Crippen molar-refractivity contribution in [3.8, 4) is 0 Å². The van der Waals surface area contributed by atoms with E-state index in [0.717, 1.165) is 4.90 Å². The van der Waals surface area contributed by atoms with Crippen molar-refractivity contribution in [2.75, 3.05) is 75.5 Å². The van der Waals surface area contributed by atoms with Crippen LogP contribution in [0, 0.1) is 21.4 Å². The van der Waals surface area contributed by atoms with E-state index >= 15 is 0 Å². The highest BCUT2D eigenvalue weighted by Gasteiger charge is 2.35. The average molecular weight is 1550 g/mol. The molecule has 348 valence electrons. The van der Waals surface area contributed by atoms with Gasteiger partial charge in [0.25, 0.3) is 23.6 Å². The number of nitrogens with one attached hydrogen (secondary N) is 4. The third kappa shape index (κ3) is 15.3. The molecular formula is C35H46I6N6O15. The number of benzene rings is 2. The van der Waals surface area contributed by atoms with Crippen LogP contribution < -0.4 is 31.1 Å². The Balaban J connectivity index is 2.84. The lowest BCUT2D eigenvalue weighted by Gasteiger charge is -2.35. The Hall–Kier alpha value is -0.430. The number of hydrogen-bond acceptors (Lipinski definition) is 16. The van der Waals surface area contributed by atoms with Gasteiger partial charge in [-0.05, 0) is 142 Å². The van der Waals surface area contributed by atoms with Gasteiger partial charge in [-0.15, -0.1) is 0 Å². The van der Waals surface area contributed by atoms with E-state index in [-0.39, 0.29) is 81.2 Å². The van der Waals surface area contributed by atoms with E-state index < -0.39 is 106 Å². The molecule has 0 heterocycles. The first-order valence-corrected chi connectivity index (χ1v) is 24.6. The Morgan fingerprint density at radius 2 is 0.742 bits per heavy atom. The third-order valence-corrected chi connectivity index (χ3v) is 14.9. The first-order valence-electron chi connectivity index (χ1n) is 18.1. The number of anilines is 2. The predicted molar refractivity (Wildman–Crippen MR) is 274 cm³/mol. The second-order valence-corrected chi connectivity index (χ2v) is 19.8. The third-order valence-electron chi connectivity index (χ3n) is 8.52. The van der Waals surface area contributed by atoms with Crippen molar-refractivity contribution in [1.29, 1.82) is 0 Å². The standard InChI is InChI=1S/C35H46I6N6O15/c1-13(52)46(30-26(38)20(32(59)42-3-15(54)9-48)24(36)21(27(30)39)33(60)43-4-16(55)10-49)7-19(58)8-47(14(2)53)31-28(40)22(34(61)44-5-17(56)11-50)25(37)23(29(31)41)35(62)45-6-18(57)12-51/h13,15-19,48-52,54-58H,3-12H2,1-2H3,(H,42,59)(H,43,60)(H,44,61)(H,45,62). The van der Waals surface area contributed by atoms with Crippen LogP contribution >= 0.6 is 136 Å². The van der Waals surface area contributed by atoms with Crippen molar-refractivity contribution in [1.82, 2.24) is 21.3 Å². The van der Waals surface area contributed by atoms with Gasteiger partial charge >= 0.3 is 0 Å². The van der Waals surface area contributed by atoms with Crippen molar-refractivity contribution >= 4 is 176 Å². The van der Waals surface area contributed by atoms with Gasteiger partial charge in [0.2, 0.25) is 5.91 Å². The molecule has 0 aliphatic heterocycles. The number of aliphatic hydroxyl groups is 10. The van der Waals surface area contributed by atoms with Crippen LogP contribution in [0.25, 0.3) is 0 Å². The normalized spacial score (nSPS) is 14.2. The summed E-state index contributed by atoms with van der Waals surface area (Å²) in [5.41, 5.74) is -0.284. The molecule has 0 aliphatic rings. The van der Waals surface area contributed by atoms with Crippen LogP contribution in [0.2, 0.25) is 0 Å². The summed E-state index contributed by atoms with van der Waals surface area (Å²) >= 11 is 10.8. The lowest BCUT2D eigenvalue weighted by atomic mass is 10.0. The van der Waals surface area contributed by atoms with Crippen molar-refractivity contribution in [2.24, 2.45) is 0 Å². The van der Waals surface area contributed by atoms with Crippen molar-refractivity contribution in [3.05, 3.63) is 43.7 Å². The maximum atomic E-state index is 13.7. The maximum Gasteiger partial charge on any atom is 0.253 e. The minimum Gasteiger partial charge on any atom is -0.394 e. The van der Waals surface area contributed by atoms with Gasteiger partial charge in [-0.1, -0.05) is 0 Å². The first kappa shape index (κ1) is 57.7. The van der Waals surface area contributed by atoms with Gasteiger partial charge in [-0.2, -0.15) is 0 Å². The summed E-state index contributed by atoms with van der Waals surface area (Å²) in [7, 11) is 0. The molecule has 0 aromatic heterocycles. The molecule has 2 aromatic rings. The molecule has 6 atom stereocenters. The Labute approximate surface area is 437 Å². The second-order valence-electron chi connectivity index (χ2n) is 13.3. The maximum absolute atomic E-state index is 13.7. The lowest BCUT2D eigenvalue weighted by Crippen LogP contribution is -2.47. The summed E-state index contributed by atoms with van der Waals surface area (Å²) in [6.07, 6.45) is -8.29. The van der Waals surface area contributed by atoms with E-state index in [1.54, 1.807) is 90.4 Å². The highest BCUT2D eigenvalue weighted by atomic mass is 127. The number of aliphatic hydroxyl groups excluding tert-OH is 10. The zero-order valence-electron chi connectivity index (χ0n) is 32.7. The largest absolute Gasteiger partial charge is 0.394 e. The van der Waals surface area contributed by atoms with Crippen LogP contribution in [0.3, 0.4) is 0 Å². The molecule has 2 rings (SSSR count). The number of rotatable bonds is 23. The fourth-order valence-corrected chi connectivity index (χ4v) is 14.8. The van der Waals surface area contributed by atoms with E-state index in [0.29, 0.717) is 0 Å². The van der Waals surface area contributed by atoms with Crippen LogP contribution in [0.4, 0.5) is 11.4 Å². The number of nitrogens with zero attached hydrogens (tertiary/aromatic N) is 2. The summed E-state index contributed by atoms with van der Waals surface area (Å²) in [5.74, 6) is -3.81. The molecular weight excluding hydrogens is 1510 g/mol. The van der Waals surface area contributed by atoms with Gasteiger partial charge < -0.3 is 82.1 Å². The molecule has 0 radical (unpaired) electrons. The summed E-state index contributed by atoms with van der Waals surface area (Å²) in [4.78, 5) is 70.5. The quantitative estimate of drug-likeness (QED) is 0.0432. The van der Waals surface area contributed by atoms with Gasteiger partial charge in [0.1, 0.15) is 6.23 Å². The molecule has 62 heavy (non-hydrogen) atoms. The molecule has 6 unspecified atom stereocenters. The van der Waals surface area contributed by atoms with Crippen LogP contribution in [-0.2, 0) is 4.79 Å². The van der Waals surface area contributed by atoms with Crippen LogP contribution in [-0.4, -0.2) is 183 Å². The molecule has 0 saturated heterocycles. The lowest BCUT2D eigenvalue weighted by molar-refractivity contribution is -0.116. The van der Waals surface area contributed by atoms with Crippen LogP contribution in [0.15, 0.2) is 0 Å². The highest BCUT2D eigenvalue weighted by Crippen LogP contribution is 2.40. The van der Waals surface area contributed by atoms with Gasteiger partial charge in [-0.3, -0.25) is 24.0 Å². The molecule has 14 N–H and O–H groups in total. The Bertz CT molecular complexity index is 1840. The molecule has 0 fully saturated rings. The summed E-state index contributed by atoms with van der Waals surface area (Å²) in [5, 5.41) is 110. The van der Waals surface area contributed by atoms with E-state index in [1.807, 2.05) is 45.2 Å². The molecule has 2 aromatic carbocycles. The highest BCUT2D eigenvalue weighted by molar-refractivity contribution is 14.1.